The molecule has 2 aromatic heterocycles. The first-order valence-corrected chi connectivity index (χ1v) is 25.0. The number of aromatic nitrogens is 4. The van der Waals surface area contributed by atoms with E-state index in [1.54, 1.807) is 40.7 Å². The standard InChI is InChI=1S/C19H29N6O8P.C17H26N3O8P.C4H10/c1-5-29-16-13-15(22-19(20)23-16)25(8-21-13)17-14(26)11-6-30-34(28,31-7-12(11)33-17)24-10(4)18(27)32-9(2)3;1-9(2)27-16(22)11(4)19-29(24)25-7-12-13(8-26-29)28-15(14(12)21)20-6-5-10(3)18-17(20)23;1-4(2)3/h8-12,14,17,26H,5-7H2,1-4H3,(H,24,28)(H2,20,22,23);5-6,9,11-15,21H,3,7-8H2,1-2,4H3,(H,18,23)(H,19,24);4H,1-3H3/t10-,11-,12-,14-,17-,34+;11-,12-,13-,14-,15-,29?;/m11./s1. The molecule has 7 heterocycles. The van der Waals surface area contributed by atoms with Crippen LogP contribution in [-0.2, 0) is 55.8 Å². The van der Waals surface area contributed by atoms with Gasteiger partial charge in [-0.1, -0.05) is 27.4 Å². The van der Waals surface area contributed by atoms with E-state index in [4.69, 9.17) is 47.5 Å². The van der Waals surface area contributed by atoms with Crippen LogP contribution in [0.15, 0.2) is 30.9 Å². The molecule has 27 heteroatoms. The number of hydrogen-bond donors (Lipinski definition) is 6. The largest absolute Gasteiger partial charge is 0.476 e. The molecule has 4 fully saturated rings. The number of hydrogen-bond acceptors (Lipinski definition) is 20. The van der Waals surface area contributed by atoms with E-state index in [9.17, 15) is 33.7 Å². The summed E-state index contributed by atoms with van der Waals surface area (Å²) in [4.78, 5) is 49.9. The molecule has 12 atom stereocenters. The van der Waals surface area contributed by atoms with Gasteiger partial charge in [0.05, 0.1) is 63.8 Å². The van der Waals surface area contributed by atoms with Crippen LogP contribution in [0.2, 0.25) is 0 Å². The number of nitrogens with two attached hydrogens (primary N) is 1. The van der Waals surface area contributed by atoms with Crippen LogP contribution in [0.25, 0.3) is 11.2 Å². The molecule has 0 bridgehead atoms. The van der Waals surface area contributed by atoms with Gasteiger partial charge in [-0.3, -0.25) is 37.2 Å². The first kappa shape index (κ1) is 53.8. The maximum absolute atomic E-state index is 13.1. The lowest BCUT2D eigenvalue weighted by molar-refractivity contribution is -0.150. The first-order valence-electron chi connectivity index (χ1n) is 22.0. The number of carbonyl (C=O) groups excluding carboxylic acids is 3. The number of aliphatic hydroxyl groups excluding tert-OH is 2. The van der Waals surface area contributed by atoms with Crippen LogP contribution in [0.1, 0.15) is 75.5 Å². The number of nitrogen functional groups attached to an aromatic ring is 1. The van der Waals surface area contributed by atoms with Crippen molar-refractivity contribution in [2.24, 2.45) is 17.8 Å². The van der Waals surface area contributed by atoms with Gasteiger partial charge in [-0.25, -0.2) is 29.1 Å². The second-order valence-electron chi connectivity index (χ2n) is 17.3. The van der Waals surface area contributed by atoms with Crippen molar-refractivity contribution in [2.75, 3.05) is 38.8 Å². The van der Waals surface area contributed by atoms with Gasteiger partial charge in [0.1, 0.15) is 24.3 Å². The maximum Gasteiger partial charge on any atom is 0.406 e. The summed E-state index contributed by atoms with van der Waals surface area (Å²) in [6, 6.07) is -2.33. The summed E-state index contributed by atoms with van der Waals surface area (Å²) in [6.07, 6.45) is -1.42. The Morgan fingerprint density at radius 3 is 1.81 bits per heavy atom. The van der Waals surface area contributed by atoms with E-state index in [2.05, 4.69) is 57.8 Å². The fourth-order valence-electron chi connectivity index (χ4n) is 6.98. The molecule has 0 aromatic carbocycles. The van der Waals surface area contributed by atoms with E-state index in [1.807, 2.05) is 0 Å². The third-order valence-corrected chi connectivity index (χ3v) is 13.4. The number of anilines is 1. The smallest absolute Gasteiger partial charge is 0.406 e. The van der Waals surface area contributed by atoms with Crippen LogP contribution in [0.5, 0.6) is 5.88 Å². The fourth-order valence-corrected chi connectivity index (χ4v) is 10.0. The van der Waals surface area contributed by atoms with E-state index >= 15 is 0 Å². The molecule has 67 heavy (non-hydrogen) atoms. The Morgan fingerprint density at radius 1 is 0.851 bits per heavy atom. The number of fused-ring (bicyclic) bond motifs is 3. The van der Waals surface area contributed by atoms with Crippen molar-refractivity contribution >= 4 is 50.6 Å². The van der Waals surface area contributed by atoms with Crippen molar-refractivity contribution in [2.45, 2.75) is 130 Å². The van der Waals surface area contributed by atoms with Crippen molar-refractivity contribution in [3.63, 3.8) is 0 Å². The molecule has 2 aromatic rings. The van der Waals surface area contributed by atoms with Crippen LogP contribution < -0.4 is 26.0 Å². The normalized spacial score (nSPS) is 31.4. The molecule has 0 spiro atoms. The average molecular weight is 990 g/mol. The predicted molar refractivity (Wildman–Crippen MR) is 238 cm³/mol. The minimum atomic E-state index is -3.85. The second kappa shape index (κ2) is 23.0. The van der Waals surface area contributed by atoms with Crippen molar-refractivity contribution < 1.29 is 75.5 Å². The van der Waals surface area contributed by atoms with E-state index < -0.39 is 94.3 Å². The second-order valence-corrected chi connectivity index (χ2v) is 20.9. The number of esters is 2. The summed E-state index contributed by atoms with van der Waals surface area (Å²) in [5.74, 6) is -1.27. The maximum atomic E-state index is 13.1. The van der Waals surface area contributed by atoms with E-state index in [0.29, 0.717) is 23.5 Å². The van der Waals surface area contributed by atoms with Gasteiger partial charge in [0.15, 0.2) is 23.6 Å². The lowest BCUT2D eigenvalue weighted by atomic mass is 9.99. The van der Waals surface area contributed by atoms with Gasteiger partial charge in [0.25, 0.3) is 0 Å². The molecule has 0 aliphatic carbocycles. The summed E-state index contributed by atoms with van der Waals surface area (Å²) in [6.45, 7) is 21.6. The van der Waals surface area contributed by atoms with Gasteiger partial charge >= 0.3 is 33.5 Å². The monoisotopic (exact) mass is 989 g/mol. The number of nitrogens with one attached hydrogen (secondary N) is 3. The highest BCUT2D eigenvalue weighted by atomic mass is 31.2. The van der Waals surface area contributed by atoms with E-state index in [-0.39, 0.29) is 50.5 Å². The van der Waals surface area contributed by atoms with Crippen LogP contribution in [-0.4, -0.2) is 141 Å². The Kier molecular flexibility index (Phi) is 18.5. The summed E-state index contributed by atoms with van der Waals surface area (Å²) in [7, 11) is -7.67. The predicted octanol–water partition coefficient (Wildman–Crippen LogP) is 3.25. The zero-order valence-electron chi connectivity index (χ0n) is 39.3. The summed E-state index contributed by atoms with van der Waals surface area (Å²) < 4.78 is 76.7. The minimum absolute atomic E-state index is 0.0109. The van der Waals surface area contributed by atoms with Crippen molar-refractivity contribution in [3.8, 4) is 5.88 Å². The summed E-state index contributed by atoms with van der Waals surface area (Å²) in [5, 5.41) is 29.3. The summed E-state index contributed by atoms with van der Waals surface area (Å²) in [5.41, 5.74) is 6.95. The Labute approximate surface area is 388 Å². The molecule has 25 nitrogen and oxygen atoms in total. The van der Waals surface area contributed by atoms with Gasteiger partial charge in [0, 0.05) is 23.7 Å². The van der Waals surface area contributed by atoms with Gasteiger partial charge in [0.2, 0.25) is 11.8 Å². The molecule has 376 valence electrons. The lowest BCUT2D eigenvalue weighted by Crippen LogP contribution is -2.49. The van der Waals surface area contributed by atoms with Gasteiger partial charge in [-0.15, -0.1) is 0 Å². The number of imidazole rings is 1. The first-order chi connectivity index (χ1) is 31.4. The molecule has 5 aliphatic rings. The number of aliphatic hydroxyl groups is 2. The van der Waals surface area contributed by atoms with Crippen LogP contribution in [0.3, 0.4) is 0 Å². The molecule has 4 saturated heterocycles. The molecule has 0 saturated carbocycles. The topological polar surface area (TPSA) is 318 Å². The number of ether oxygens (including phenoxy) is 5. The number of rotatable bonds is 12. The number of carbonyl (C=O) groups is 3. The molecule has 0 radical (unpaired) electrons. The van der Waals surface area contributed by atoms with Gasteiger partial charge in [-0.2, -0.15) is 9.97 Å². The zero-order chi connectivity index (χ0) is 49.5. The third kappa shape index (κ3) is 13.8. The fraction of sp³-hybridized carbons (Fsp3) is 0.700. The highest BCUT2D eigenvalue weighted by Gasteiger charge is 2.52. The quantitative estimate of drug-likeness (QED) is 0.131. The number of allylic oxidation sites excluding steroid dienone is 1. The highest BCUT2D eigenvalue weighted by Crippen LogP contribution is 2.51. The molecule has 1 unspecified atom stereocenters. The van der Waals surface area contributed by atoms with Gasteiger partial charge < -0.3 is 44.9 Å². The molecule has 7 rings (SSSR count). The molecular weight excluding hydrogens is 924 g/mol. The number of nitrogens with zero attached hydrogens (tertiary/aromatic N) is 5. The Balaban J connectivity index is 0.000000235. The van der Waals surface area contributed by atoms with Crippen molar-refractivity contribution in [1.29, 1.82) is 0 Å². The summed E-state index contributed by atoms with van der Waals surface area (Å²) >= 11 is 0. The van der Waals surface area contributed by atoms with Crippen LogP contribution >= 0.6 is 15.5 Å². The molecule has 5 aliphatic heterocycles. The highest BCUT2D eigenvalue weighted by molar-refractivity contribution is 7.52. The lowest BCUT2D eigenvalue weighted by Gasteiger charge is -2.30. The number of amides is 2. The third-order valence-electron chi connectivity index (χ3n) is 10.0. The molecular formula is C40H65N9O16P2. The Morgan fingerprint density at radius 2 is 1.33 bits per heavy atom. The number of urea groups is 1. The average Bonchev–Trinajstić information content (AvgIpc) is 3.81. The van der Waals surface area contributed by atoms with Gasteiger partial charge in [-0.05, 0) is 60.5 Å². The van der Waals surface area contributed by atoms with E-state index in [1.165, 1.54) is 35.8 Å². The Hall–Kier alpha value is -4.10. The Bertz CT molecular complexity index is 2190. The SMILES string of the molecule is C=C1C=CN([C@@H]2O[C@@H]3COP(=O)(N[C@H](C)C(=O)OC(C)C)OC[C@H]3[C@H]2O)C(=O)N1.CC(C)C.CCOc1nc(N)nc2c1ncn2[C@@H]1O[C@@H]2CO[P@](=O)(N[C@H](C)C(=O)OC(C)C)OC[C@H]2[C@H]1O. The van der Waals surface area contributed by atoms with Crippen LogP contribution in [0.4, 0.5) is 10.7 Å². The van der Waals surface area contributed by atoms with Crippen molar-refractivity contribution in [1.82, 2.24) is 39.9 Å². The molecule has 7 N–H and O–H groups in total. The van der Waals surface area contributed by atoms with E-state index in [0.717, 1.165) is 5.92 Å². The van der Waals surface area contributed by atoms with Crippen LogP contribution in [0, 0.1) is 17.8 Å². The van der Waals surface area contributed by atoms with Crippen molar-refractivity contribution in [3.05, 3.63) is 30.9 Å². The molecule has 2 amide bonds. The zero-order valence-corrected chi connectivity index (χ0v) is 41.1. The minimum Gasteiger partial charge on any atom is -0.476 e.